The van der Waals surface area contributed by atoms with Crippen molar-refractivity contribution in [3.8, 4) is 34.5 Å². The smallest absolute Gasteiger partial charge is 0.157 e. The fourth-order valence-corrected chi connectivity index (χ4v) is 6.36. The van der Waals surface area contributed by atoms with Crippen LogP contribution in [-0.2, 0) is 6.42 Å². The maximum Gasteiger partial charge on any atom is 0.157 e. The van der Waals surface area contributed by atoms with Crippen LogP contribution in [0.3, 0.4) is 0 Å². The van der Waals surface area contributed by atoms with Crippen molar-refractivity contribution in [3.63, 3.8) is 0 Å². The van der Waals surface area contributed by atoms with Gasteiger partial charge in [-0.25, -0.2) is 0 Å². The molecule has 0 aromatic heterocycles. The zero-order chi connectivity index (χ0) is 30.0. The molecule has 4 aromatic rings. The van der Waals surface area contributed by atoms with Gasteiger partial charge in [-0.3, -0.25) is 0 Å². The monoisotopic (exact) mass is 1930 g/mol. The number of benzene rings is 4. The molecule has 2 heterocycles. The van der Waals surface area contributed by atoms with E-state index in [1.165, 1.54) is 24.3 Å². The predicted molar refractivity (Wildman–Crippen MR) is 156 cm³/mol. The number of aromatic hydroxyl groups is 4. The molecule has 0 bridgehead atoms. The summed E-state index contributed by atoms with van der Waals surface area (Å²) >= 11 is 0. The van der Waals surface area contributed by atoms with Crippen LogP contribution in [0.2, 0.25) is 0 Å². The second kappa shape index (κ2) is 22.3. The van der Waals surface area contributed by atoms with Crippen molar-refractivity contribution in [2.45, 2.75) is 64.4 Å². The first kappa shape index (κ1) is 52.2. The summed E-state index contributed by atoms with van der Waals surface area (Å²) in [6.45, 7) is 7.89. The summed E-state index contributed by atoms with van der Waals surface area (Å²) in [6, 6.07) is 15.1. The van der Waals surface area contributed by atoms with Crippen molar-refractivity contribution in [3.05, 3.63) is 105 Å². The van der Waals surface area contributed by atoms with Gasteiger partial charge in [0.2, 0.25) is 0 Å². The Balaban J connectivity index is 0.00000368. The summed E-state index contributed by atoms with van der Waals surface area (Å²) in [5.74, 6) is -1.31. The average Bonchev–Trinajstić information content (AvgIpc) is 2.93. The van der Waals surface area contributed by atoms with Crippen LogP contribution in [0.1, 0.15) is 68.2 Å². The van der Waals surface area contributed by atoms with Crippen LogP contribution in [0.5, 0.6) is 34.5 Å². The molecule has 2 aliphatic rings. The summed E-state index contributed by atoms with van der Waals surface area (Å²) in [7, 11) is 0. The van der Waals surface area contributed by atoms with Crippen molar-refractivity contribution in [1.29, 1.82) is 0 Å². The SMILES string of the molecule is Cc1cc(C)c2c(c1)OC(c1ccc(C)c(C)c1)C(O)C2c1c(O)cc(O)c2c1OC(c1ccc(O)c(O)c1)C(O)C2.[Ac].[Ac].[Ac].[Ac].[Ac].[Ac]. The fourth-order valence-electron chi connectivity index (χ4n) is 6.36. The first-order valence-electron chi connectivity index (χ1n) is 13.9. The third-order valence-electron chi connectivity index (χ3n) is 8.59. The molecule has 48 heavy (non-hydrogen) atoms. The topological polar surface area (TPSA) is 140 Å². The Morgan fingerprint density at radius 2 is 1.19 bits per heavy atom. The number of fused-ring (bicyclic) bond motifs is 2. The maximum atomic E-state index is 12.1. The molecule has 6 radical (unpaired) electrons. The van der Waals surface area contributed by atoms with Crippen LogP contribution in [0.4, 0.5) is 0 Å². The van der Waals surface area contributed by atoms with Crippen LogP contribution in [-0.4, -0.2) is 42.8 Å². The molecule has 0 fully saturated rings. The molecule has 4 aromatic carbocycles. The third kappa shape index (κ3) is 10.8. The molecule has 14 heteroatoms. The number of hydrogen-bond acceptors (Lipinski definition) is 8. The van der Waals surface area contributed by atoms with E-state index in [9.17, 15) is 30.6 Å². The number of phenolic OH excluding ortho intramolecular Hbond substituents is 4. The van der Waals surface area contributed by atoms with E-state index < -0.39 is 30.3 Å². The number of rotatable bonds is 3. The minimum absolute atomic E-state index is 0. The van der Waals surface area contributed by atoms with E-state index >= 15 is 0 Å². The summed E-state index contributed by atoms with van der Waals surface area (Å²) in [5, 5.41) is 65.3. The zero-order valence-corrected chi connectivity index (χ0v) is 55.7. The number of aryl methyl sites for hydroxylation is 4. The fraction of sp³-hybridized carbons (Fsp3) is 0.294. The number of ether oxygens (including phenoxy) is 2. The van der Waals surface area contributed by atoms with Gasteiger partial charge < -0.3 is 40.1 Å². The second-order valence-electron chi connectivity index (χ2n) is 11.5. The van der Waals surface area contributed by atoms with Crippen molar-refractivity contribution in [1.82, 2.24) is 0 Å². The normalized spacial score (nSPS) is 20.1. The van der Waals surface area contributed by atoms with Crippen LogP contribution in [0.25, 0.3) is 0 Å². The van der Waals surface area contributed by atoms with Crippen molar-refractivity contribution < 1.29 is 304 Å². The van der Waals surface area contributed by atoms with E-state index in [2.05, 4.69) is 0 Å². The molecule has 236 valence electrons. The molecule has 6 rings (SSSR count). The van der Waals surface area contributed by atoms with Gasteiger partial charge in [-0.15, -0.1) is 0 Å². The summed E-state index contributed by atoms with van der Waals surface area (Å²) < 4.78 is 12.8. The third-order valence-corrected chi connectivity index (χ3v) is 8.59. The molecule has 2 aliphatic heterocycles. The molecule has 0 saturated heterocycles. The van der Waals surface area contributed by atoms with Gasteiger partial charge in [0.15, 0.2) is 17.6 Å². The number of aliphatic hydroxyl groups is 2. The molecule has 0 aliphatic carbocycles. The van der Waals surface area contributed by atoms with E-state index in [4.69, 9.17) is 9.47 Å². The molecular formula is C34H34Ac6O8. The Labute approximate surface area is 496 Å². The zero-order valence-electron chi connectivity index (χ0n) is 27.3. The van der Waals surface area contributed by atoms with Crippen LogP contribution >= 0.6 is 0 Å². The Morgan fingerprint density at radius 3 is 1.81 bits per heavy atom. The van der Waals surface area contributed by atoms with Gasteiger partial charge in [0, 0.05) is 294 Å². The number of phenols is 4. The van der Waals surface area contributed by atoms with E-state index in [1.54, 1.807) is 0 Å². The standard InChI is InChI=1S/C34H34O8.6Ac/c1-15-9-18(4)28-27(10-15)41-33(19-6-5-16(2)17(3)11-19)31(40)30(28)29-25(38)14-23(36)21-13-26(39)32(42-34(21)29)20-7-8-22(35)24(37)12-20;;;;;;/h5-12,14,26,30-33,35-40H,13H2,1-4H3;;;;;;. The molecule has 6 N–H and O–H groups in total. The summed E-state index contributed by atoms with van der Waals surface area (Å²) in [4.78, 5) is 0. The van der Waals surface area contributed by atoms with Gasteiger partial charge in [-0.05, 0) is 79.3 Å². The van der Waals surface area contributed by atoms with Gasteiger partial charge in [-0.2, -0.15) is 0 Å². The Kier molecular flexibility index (Phi) is 24.2. The van der Waals surface area contributed by atoms with E-state index in [-0.39, 0.29) is 305 Å². The number of hydrogen-bond donors (Lipinski definition) is 6. The van der Waals surface area contributed by atoms with Gasteiger partial charge in [0.05, 0.1) is 12.0 Å². The molecule has 5 unspecified atom stereocenters. The maximum absolute atomic E-state index is 12.1. The van der Waals surface area contributed by atoms with Gasteiger partial charge in [0.1, 0.15) is 35.2 Å². The number of aliphatic hydroxyl groups excluding tert-OH is 2. The average molecular weight is 1930 g/mol. The predicted octanol–water partition coefficient (Wildman–Crippen LogP) is 5.41. The molecule has 5 atom stereocenters. The van der Waals surface area contributed by atoms with Crippen molar-refractivity contribution in [2.75, 3.05) is 0 Å². The van der Waals surface area contributed by atoms with Crippen LogP contribution in [0.15, 0.2) is 54.6 Å². The van der Waals surface area contributed by atoms with Gasteiger partial charge in [-0.1, -0.05) is 30.3 Å². The minimum atomic E-state index is -1.16. The first-order chi connectivity index (χ1) is 19.9. The Bertz CT molecular complexity index is 1740. The largest absolute Gasteiger partial charge is 0.507 e. The van der Waals surface area contributed by atoms with E-state index in [0.717, 1.165) is 27.8 Å². The summed E-state index contributed by atoms with van der Waals surface area (Å²) in [6.07, 6.45) is -4.04. The quantitative estimate of drug-likeness (QED) is 0.150. The Hall–Kier alpha value is 4.25. The molecule has 0 spiro atoms. The van der Waals surface area contributed by atoms with E-state index in [1.807, 2.05) is 58.0 Å². The summed E-state index contributed by atoms with van der Waals surface area (Å²) in [5.41, 5.74) is 6.40. The first-order valence-corrected chi connectivity index (χ1v) is 13.9. The van der Waals surface area contributed by atoms with E-state index in [0.29, 0.717) is 22.4 Å². The van der Waals surface area contributed by atoms with Crippen LogP contribution in [0, 0.1) is 292 Å². The van der Waals surface area contributed by atoms with Gasteiger partial charge >= 0.3 is 0 Å². The Morgan fingerprint density at radius 1 is 0.562 bits per heavy atom. The van der Waals surface area contributed by atoms with Crippen LogP contribution < -0.4 is 9.47 Å². The van der Waals surface area contributed by atoms with Crippen molar-refractivity contribution >= 4 is 0 Å². The van der Waals surface area contributed by atoms with Gasteiger partial charge in [0.25, 0.3) is 0 Å². The second-order valence-corrected chi connectivity index (χ2v) is 11.5. The molecule has 8 nitrogen and oxygen atoms in total. The molecule has 0 saturated carbocycles. The molecular weight excluding hydrogens is 1900 g/mol. The van der Waals surface area contributed by atoms with Crippen molar-refractivity contribution in [2.24, 2.45) is 0 Å². The molecule has 0 amide bonds. The minimum Gasteiger partial charge on any atom is -0.507 e.